The lowest BCUT2D eigenvalue weighted by molar-refractivity contribution is -0.145. The Hall–Kier alpha value is -2.67. The van der Waals surface area contributed by atoms with Crippen LogP contribution in [0.4, 0.5) is 11.4 Å². The summed E-state index contributed by atoms with van der Waals surface area (Å²) in [5.41, 5.74) is 1.72. The normalized spacial score (nSPS) is 31.4. The molecule has 148 valence electrons. The van der Waals surface area contributed by atoms with Gasteiger partial charge in [-0.2, -0.15) is 0 Å². The Morgan fingerprint density at radius 3 is 2.45 bits per heavy atom. The van der Waals surface area contributed by atoms with Gasteiger partial charge in [0.25, 0.3) is 5.91 Å². The van der Waals surface area contributed by atoms with Crippen molar-refractivity contribution < 1.29 is 19.1 Å². The van der Waals surface area contributed by atoms with E-state index in [4.69, 9.17) is 4.74 Å². The molecule has 0 spiro atoms. The van der Waals surface area contributed by atoms with Crippen molar-refractivity contribution in [2.75, 3.05) is 10.6 Å². The molecule has 29 heavy (non-hydrogen) atoms. The smallest absolute Gasteiger partial charge is 0.310 e. The maximum absolute atomic E-state index is 13.0. The minimum absolute atomic E-state index is 0.0300. The van der Waals surface area contributed by atoms with Crippen LogP contribution in [0.25, 0.3) is 0 Å². The van der Waals surface area contributed by atoms with Crippen LogP contribution in [-0.4, -0.2) is 28.7 Å². The molecule has 6 nitrogen and oxygen atoms in total. The molecule has 1 aliphatic heterocycles. The number of carbonyl (C=O) groups is 3. The molecular weight excluding hydrogens is 436 g/mol. The van der Waals surface area contributed by atoms with Crippen molar-refractivity contribution in [1.82, 2.24) is 0 Å². The first-order chi connectivity index (χ1) is 14.0. The summed E-state index contributed by atoms with van der Waals surface area (Å²) in [6.07, 6.45) is 0.737. The number of alkyl halides is 1. The van der Waals surface area contributed by atoms with Gasteiger partial charge in [-0.1, -0.05) is 40.2 Å². The number of amides is 2. The molecule has 7 heteroatoms. The SMILES string of the molecule is O=C(Nc1cccc(NC(=O)[C@@H]2[C@H]3C[C@H]4[C@H](OC(=O)[C@@H]42)[C@@H]3Br)c1)c1ccccc1. The fourth-order valence-corrected chi connectivity index (χ4v) is 6.07. The quantitative estimate of drug-likeness (QED) is 0.547. The second-order valence-corrected chi connectivity index (χ2v) is 8.91. The fourth-order valence-electron chi connectivity index (χ4n) is 5.02. The summed E-state index contributed by atoms with van der Waals surface area (Å²) in [5, 5.41) is 5.76. The van der Waals surface area contributed by atoms with E-state index < -0.39 is 5.92 Å². The third-order valence-electron chi connectivity index (χ3n) is 6.25. The Balaban J connectivity index is 1.30. The largest absolute Gasteiger partial charge is 0.461 e. The average Bonchev–Trinajstić information content (AvgIpc) is 3.33. The number of hydrogen-bond acceptors (Lipinski definition) is 4. The van der Waals surface area contributed by atoms with Gasteiger partial charge in [0.1, 0.15) is 6.10 Å². The van der Waals surface area contributed by atoms with Crippen LogP contribution in [0.15, 0.2) is 54.6 Å². The van der Waals surface area contributed by atoms with E-state index >= 15 is 0 Å². The first-order valence-electron chi connectivity index (χ1n) is 9.65. The van der Waals surface area contributed by atoms with Gasteiger partial charge in [-0.25, -0.2) is 0 Å². The number of rotatable bonds is 4. The minimum Gasteiger partial charge on any atom is -0.461 e. The standard InChI is InChI=1S/C22H19BrN2O4/c23-18-14-10-15-17(22(28)29-19(15)18)16(14)21(27)25-13-8-4-7-12(9-13)24-20(26)11-5-2-1-3-6-11/h1-9,14-19H,10H2,(H,24,26)(H,25,27)/t14-,15-,16-,17+,18-,19+/m1/s1. The number of nitrogens with one attached hydrogen (secondary N) is 2. The van der Waals surface area contributed by atoms with Crippen LogP contribution in [0.1, 0.15) is 16.8 Å². The predicted octanol–water partition coefficient (Wildman–Crippen LogP) is 3.45. The molecule has 2 bridgehead atoms. The van der Waals surface area contributed by atoms with E-state index in [1.54, 1.807) is 48.5 Å². The van der Waals surface area contributed by atoms with Crippen LogP contribution >= 0.6 is 15.9 Å². The lowest BCUT2D eigenvalue weighted by atomic mass is 9.79. The monoisotopic (exact) mass is 454 g/mol. The van der Waals surface area contributed by atoms with Crippen molar-refractivity contribution in [1.29, 1.82) is 0 Å². The topological polar surface area (TPSA) is 84.5 Å². The summed E-state index contributed by atoms with van der Waals surface area (Å²) >= 11 is 3.63. The van der Waals surface area contributed by atoms with E-state index in [0.29, 0.717) is 16.9 Å². The van der Waals surface area contributed by atoms with Crippen LogP contribution < -0.4 is 10.6 Å². The van der Waals surface area contributed by atoms with Crippen LogP contribution in [0.3, 0.4) is 0 Å². The van der Waals surface area contributed by atoms with Crippen molar-refractivity contribution in [2.45, 2.75) is 17.4 Å². The van der Waals surface area contributed by atoms with E-state index in [1.807, 2.05) is 6.07 Å². The molecular formula is C22H19BrN2O4. The van der Waals surface area contributed by atoms with Gasteiger partial charge >= 0.3 is 5.97 Å². The molecule has 0 unspecified atom stereocenters. The van der Waals surface area contributed by atoms with E-state index in [0.717, 1.165) is 6.42 Å². The first-order valence-corrected chi connectivity index (χ1v) is 10.6. The lowest BCUT2D eigenvalue weighted by Crippen LogP contribution is -2.40. The summed E-state index contributed by atoms with van der Waals surface area (Å²) in [7, 11) is 0. The Labute approximate surface area is 176 Å². The maximum Gasteiger partial charge on any atom is 0.310 e. The highest BCUT2D eigenvalue weighted by atomic mass is 79.9. The zero-order valence-electron chi connectivity index (χ0n) is 15.4. The number of halogens is 1. The number of ether oxygens (including phenoxy) is 1. The van der Waals surface area contributed by atoms with Gasteiger partial charge in [-0.3, -0.25) is 14.4 Å². The Bertz CT molecular complexity index is 995. The molecule has 2 amide bonds. The summed E-state index contributed by atoms with van der Waals surface area (Å²) in [6.45, 7) is 0. The van der Waals surface area contributed by atoms with Gasteiger partial charge < -0.3 is 15.4 Å². The zero-order valence-corrected chi connectivity index (χ0v) is 17.0. The molecule has 0 radical (unpaired) electrons. The summed E-state index contributed by atoms with van der Waals surface area (Å²) in [6, 6.07) is 15.9. The molecule has 0 aromatic heterocycles. The molecule has 2 aromatic rings. The van der Waals surface area contributed by atoms with E-state index in [-0.39, 0.29) is 46.5 Å². The molecule has 3 aliphatic rings. The van der Waals surface area contributed by atoms with Gasteiger partial charge in [0.05, 0.1) is 16.7 Å². The molecule has 3 fully saturated rings. The van der Waals surface area contributed by atoms with Gasteiger partial charge in [0, 0.05) is 22.9 Å². The van der Waals surface area contributed by atoms with E-state index in [2.05, 4.69) is 26.6 Å². The third kappa shape index (κ3) is 3.04. The Morgan fingerprint density at radius 2 is 1.69 bits per heavy atom. The summed E-state index contributed by atoms with van der Waals surface area (Å²) in [4.78, 5) is 37.6. The molecule has 2 aromatic carbocycles. The first kappa shape index (κ1) is 18.4. The fraction of sp³-hybridized carbons (Fsp3) is 0.318. The van der Waals surface area contributed by atoms with Gasteiger partial charge in [0.2, 0.25) is 5.91 Å². The van der Waals surface area contributed by atoms with Crippen LogP contribution in [0.5, 0.6) is 0 Å². The number of esters is 1. The molecule has 1 saturated heterocycles. The number of carbonyl (C=O) groups excluding carboxylic acids is 3. The second-order valence-electron chi connectivity index (χ2n) is 7.85. The van der Waals surface area contributed by atoms with E-state index in [9.17, 15) is 14.4 Å². The van der Waals surface area contributed by atoms with Gasteiger partial charge in [-0.05, 0) is 42.7 Å². The average molecular weight is 455 g/mol. The molecule has 2 aliphatic carbocycles. The van der Waals surface area contributed by atoms with Crippen molar-refractivity contribution in [3.05, 3.63) is 60.2 Å². The van der Waals surface area contributed by atoms with Crippen molar-refractivity contribution in [3.8, 4) is 0 Å². The number of fused-ring (bicyclic) bond motifs is 1. The number of hydrogen-bond donors (Lipinski definition) is 2. The summed E-state index contributed by atoms with van der Waals surface area (Å²) in [5.74, 6) is -1.15. The predicted molar refractivity (Wildman–Crippen MR) is 111 cm³/mol. The Kier molecular flexibility index (Phi) is 4.42. The van der Waals surface area contributed by atoms with Gasteiger partial charge in [-0.15, -0.1) is 0 Å². The van der Waals surface area contributed by atoms with Crippen LogP contribution in [-0.2, 0) is 14.3 Å². The molecule has 2 saturated carbocycles. The van der Waals surface area contributed by atoms with Crippen LogP contribution in [0, 0.1) is 23.7 Å². The highest BCUT2D eigenvalue weighted by Crippen LogP contribution is 2.60. The highest BCUT2D eigenvalue weighted by molar-refractivity contribution is 9.09. The molecule has 5 rings (SSSR count). The number of benzene rings is 2. The summed E-state index contributed by atoms with van der Waals surface area (Å²) < 4.78 is 5.47. The lowest BCUT2D eigenvalue weighted by Gasteiger charge is -2.27. The zero-order chi connectivity index (χ0) is 20.1. The maximum atomic E-state index is 13.0. The van der Waals surface area contributed by atoms with Gasteiger partial charge in [0.15, 0.2) is 0 Å². The third-order valence-corrected chi connectivity index (χ3v) is 7.45. The number of anilines is 2. The second kappa shape index (κ2) is 6.99. The molecule has 6 atom stereocenters. The van der Waals surface area contributed by atoms with Crippen molar-refractivity contribution in [2.24, 2.45) is 23.7 Å². The van der Waals surface area contributed by atoms with Crippen LogP contribution in [0.2, 0.25) is 0 Å². The molecule has 1 heterocycles. The molecule has 2 N–H and O–H groups in total. The minimum atomic E-state index is -0.391. The van der Waals surface area contributed by atoms with Crippen molar-refractivity contribution >= 4 is 45.1 Å². The van der Waals surface area contributed by atoms with E-state index in [1.165, 1.54) is 0 Å². The highest BCUT2D eigenvalue weighted by Gasteiger charge is 2.67. The Morgan fingerprint density at radius 1 is 0.966 bits per heavy atom. The van der Waals surface area contributed by atoms with Crippen molar-refractivity contribution in [3.63, 3.8) is 0 Å².